The summed E-state index contributed by atoms with van der Waals surface area (Å²) >= 11 is 0. The summed E-state index contributed by atoms with van der Waals surface area (Å²) in [6, 6.07) is 8.33. The number of nitrogen functional groups attached to an aromatic ring is 1. The lowest BCUT2D eigenvalue weighted by atomic mass is 10.0. The Morgan fingerprint density at radius 2 is 1.84 bits per heavy atom. The molecule has 3 N–H and O–H groups in total. The fourth-order valence-corrected chi connectivity index (χ4v) is 2.08. The molecule has 0 atom stereocenters. The molecule has 0 amide bonds. The number of nitrogens with two attached hydrogens (primary N) is 1. The Labute approximate surface area is 110 Å². The first-order valence-electron chi connectivity index (χ1n) is 6.22. The van der Waals surface area contributed by atoms with Crippen molar-refractivity contribution in [3.05, 3.63) is 36.2 Å². The van der Waals surface area contributed by atoms with Gasteiger partial charge in [-0.25, -0.2) is 9.97 Å². The minimum Gasteiger partial charge on any atom is -0.368 e. The summed E-state index contributed by atoms with van der Waals surface area (Å²) in [7, 11) is 0. The summed E-state index contributed by atoms with van der Waals surface area (Å²) < 4.78 is 0. The number of hydrogen-bond acceptors (Lipinski definition) is 4. The van der Waals surface area contributed by atoms with Gasteiger partial charge in [-0.05, 0) is 11.5 Å². The maximum Gasteiger partial charge on any atom is 0.222 e. The van der Waals surface area contributed by atoms with Crippen LogP contribution in [0.4, 0.5) is 5.95 Å². The summed E-state index contributed by atoms with van der Waals surface area (Å²) in [6.07, 6.45) is 1.60. The van der Waals surface area contributed by atoms with Gasteiger partial charge in [0, 0.05) is 5.56 Å². The summed E-state index contributed by atoms with van der Waals surface area (Å²) in [4.78, 5) is 15.6. The molecule has 5 heteroatoms. The predicted octanol–water partition coefficient (Wildman–Crippen LogP) is 2.73. The third-order valence-corrected chi connectivity index (χ3v) is 3.15. The molecule has 3 aromatic rings. The molecule has 96 valence electrons. The summed E-state index contributed by atoms with van der Waals surface area (Å²) in [5.74, 6) is 0.749. The molecule has 0 unspecified atom stereocenters. The van der Waals surface area contributed by atoms with E-state index in [0.29, 0.717) is 11.6 Å². The number of H-pyrrole nitrogens is 1. The Hall–Kier alpha value is -2.43. The van der Waals surface area contributed by atoms with E-state index in [9.17, 15) is 0 Å². The molecule has 0 aliphatic rings. The summed E-state index contributed by atoms with van der Waals surface area (Å²) in [5.41, 5.74) is 10.2. The van der Waals surface area contributed by atoms with Crippen LogP contribution < -0.4 is 5.73 Å². The van der Waals surface area contributed by atoms with Crippen molar-refractivity contribution in [2.24, 2.45) is 0 Å². The number of fused-ring (bicyclic) bond motifs is 1. The SMILES string of the molecule is CC(C)c1ccc(-c2nc(N)nc3nc[nH]c23)cc1. The maximum atomic E-state index is 5.72. The molecule has 0 aliphatic carbocycles. The van der Waals surface area contributed by atoms with Gasteiger partial charge in [-0.3, -0.25) is 0 Å². The molecule has 0 spiro atoms. The highest BCUT2D eigenvalue weighted by Crippen LogP contribution is 2.26. The van der Waals surface area contributed by atoms with Crippen molar-refractivity contribution in [3.8, 4) is 11.3 Å². The number of nitrogens with zero attached hydrogens (tertiary/aromatic N) is 3. The van der Waals surface area contributed by atoms with Gasteiger partial charge in [-0.15, -0.1) is 0 Å². The van der Waals surface area contributed by atoms with Crippen LogP contribution in [0.1, 0.15) is 25.3 Å². The van der Waals surface area contributed by atoms with Gasteiger partial charge in [0.1, 0.15) is 11.2 Å². The zero-order valence-electron chi connectivity index (χ0n) is 10.9. The number of anilines is 1. The number of benzene rings is 1. The molecule has 0 saturated heterocycles. The number of nitrogens with one attached hydrogen (secondary N) is 1. The summed E-state index contributed by atoms with van der Waals surface area (Å²) in [6.45, 7) is 4.34. The molecule has 0 aliphatic heterocycles. The normalized spacial score (nSPS) is 11.3. The lowest BCUT2D eigenvalue weighted by Crippen LogP contribution is -1.98. The molecular weight excluding hydrogens is 238 g/mol. The van der Waals surface area contributed by atoms with Crippen LogP contribution in [-0.4, -0.2) is 19.9 Å². The van der Waals surface area contributed by atoms with Crippen LogP contribution in [0.5, 0.6) is 0 Å². The van der Waals surface area contributed by atoms with Crippen LogP contribution in [0, 0.1) is 0 Å². The smallest absolute Gasteiger partial charge is 0.222 e. The van der Waals surface area contributed by atoms with Gasteiger partial charge in [0.25, 0.3) is 0 Å². The molecule has 0 radical (unpaired) electrons. The zero-order valence-corrected chi connectivity index (χ0v) is 10.9. The van der Waals surface area contributed by atoms with Crippen molar-refractivity contribution in [2.45, 2.75) is 19.8 Å². The molecule has 1 aromatic carbocycles. The number of imidazole rings is 1. The molecule has 5 nitrogen and oxygen atoms in total. The second-order valence-electron chi connectivity index (χ2n) is 4.81. The van der Waals surface area contributed by atoms with Gasteiger partial charge >= 0.3 is 0 Å². The topological polar surface area (TPSA) is 80.5 Å². The van der Waals surface area contributed by atoms with E-state index in [0.717, 1.165) is 16.8 Å². The van der Waals surface area contributed by atoms with E-state index < -0.39 is 0 Å². The number of aromatic amines is 1. The number of rotatable bonds is 2. The molecular formula is C14H15N5. The van der Waals surface area contributed by atoms with Crippen molar-refractivity contribution in [3.63, 3.8) is 0 Å². The van der Waals surface area contributed by atoms with Gasteiger partial charge in [0.15, 0.2) is 5.65 Å². The maximum absolute atomic E-state index is 5.72. The second kappa shape index (κ2) is 4.35. The van der Waals surface area contributed by atoms with E-state index in [1.807, 2.05) is 0 Å². The van der Waals surface area contributed by atoms with Gasteiger partial charge in [-0.2, -0.15) is 4.98 Å². The molecule has 2 heterocycles. The molecule has 3 rings (SSSR count). The first-order valence-corrected chi connectivity index (χ1v) is 6.22. The third-order valence-electron chi connectivity index (χ3n) is 3.15. The van der Waals surface area contributed by atoms with Crippen LogP contribution in [-0.2, 0) is 0 Å². The quantitative estimate of drug-likeness (QED) is 0.735. The van der Waals surface area contributed by atoms with Gasteiger partial charge in [0.05, 0.1) is 6.33 Å². The monoisotopic (exact) mass is 253 g/mol. The Bertz CT molecular complexity index is 712. The van der Waals surface area contributed by atoms with E-state index in [1.54, 1.807) is 6.33 Å². The average Bonchev–Trinajstić information content (AvgIpc) is 2.85. The van der Waals surface area contributed by atoms with Gasteiger partial charge in [0.2, 0.25) is 5.95 Å². The molecule has 0 saturated carbocycles. The van der Waals surface area contributed by atoms with Crippen molar-refractivity contribution >= 4 is 17.1 Å². The minimum absolute atomic E-state index is 0.238. The van der Waals surface area contributed by atoms with Crippen molar-refractivity contribution in [2.75, 3.05) is 5.73 Å². The van der Waals surface area contributed by atoms with Gasteiger partial charge < -0.3 is 10.7 Å². The van der Waals surface area contributed by atoms with Crippen molar-refractivity contribution in [1.82, 2.24) is 19.9 Å². The van der Waals surface area contributed by atoms with E-state index in [2.05, 4.69) is 58.0 Å². The lowest BCUT2D eigenvalue weighted by Gasteiger charge is -2.07. The van der Waals surface area contributed by atoms with Crippen LogP contribution in [0.3, 0.4) is 0 Å². The first-order chi connectivity index (χ1) is 9.15. The fraction of sp³-hybridized carbons (Fsp3) is 0.214. The van der Waals surface area contributed by atoms with Gasteiger partial charge in [-0.1, -0.05) is 38.1 Å². The number of aromatic nitrogens is 4. The largest absolute Gasteiger partial charge is 0.368 e. The fourth-order valence-electron chi connectivity index (χ4n) is 2.08. The first kappa shape index (κ1) is 11.6. The van der Waals surface area contributed by atoms with Crippen LogP contribution in [0.25, 0.3) is 22.4 Å². The highest BCUT2D eigenvalue weighted by Gasteiger charge is 2.10. The molecule has 0 fully saturated rings. The average molecular weight is 253 g/mol. The Morgan fingerprint density at radius 3 is 2.53 bits per heavy atom. The predicted molar refractivity (Wildman–Crippen MR) is 75.6 cm³/mol. The number of hydrogen-bond donors (Lipinski definition) is 2. The molecule has 19 heavy (non-hydrogen) atoms. The zero-order chi connectivity index (χ0) is 13.4. The van der Waals surface area contributed by atoms with Crippen molar-refractivity contribution in [1.29, 1.82) is 0 Å². The molecule has 2 aromatic heterocycles. The minimum atomic E-state index is 0.238. The van der Waals surface area contributed by atoms with E-state index >= 15 is 0 Å². The molecule has 0 bridgehead atoms. The van der Waals surface area contributed by atoms with E-state index in [1.165, 1.54) is 5.56 Å². The highest BCUT2D eigenvalue weighted by molar-refractivity contribution is 5.87. The Balaban J connectivity index is 2.15. The highest BCUT2D eigenvalue weighted by atomic mass is 15.1. The lowest BCUT2D eigenvalue weighted by molar-refractivity contribution is 0.867. The standard InChI is InChI=1S/C14H15N5/c1-8(2)9-3-5-10(6-4-9)11-12-13(17-7-16-12)19-14(15)18-11/h3-8H,1-2H3,(H3,15,16,17,18,19). The Morgan fingerprint density at radius 1 is 1.11 bits per heavy atom. The third kappa shape index (κ3) is 2.03. The van der Waals surface area contributed by atoms with E-state index in [-0.39, 0.29) is 5.95 Å². The summed E-state index contributed by atoms with van der Waals surface area (Å²) in [5, 5.41) is 0. The van der Waals surface area contributed by atoms with Crippen LogP contribution in [0.2, 0.25) is 0 Å². The second-order valence-corrected chi connectivity index (χ2v) is 4.81. The van der Waals surface area contributed by atoms with Crippen molar-refractivity contribution < 1.29 is 0 Å². The van der Waals surface area contributed by atoms with E-state index in [4.69, 9.17) is 5.73 Å². The van der Waals surface area contributed by atoms with Crippen LogP contribution >= 0.6 is 0 Å². The Kier molecular flexibility index (Phi) is 2.67. The van der Waals surface area contributed by atoms with Crippen LogP contribution in [0.15, 0.2) is 30.6 Å².